The van der Waals surface area contributed by atoms with Crippen molar-refractivity contribution in [1.82, 2.24) is 9.55 Å². The Balaban J connectivity index is 2.46. The van der Waals surface area contributed by atoms with E-state index in [1.54, 1.807) is 31.2 Å². The maximum absolute atomic E-state index is 12.0. The number of carbonyl (C=O) groups is 1. The Morgan fingerprint density at radius 1 is 1.47 bits per heavy atom. The predicted octanol–water partition coefficient (Wildman–Crippen LogP) is 1.12. The van der Waals surface area contributed by atoms with E-state index in [4.69, 9.17) is 5.11 Å². The van der Waals surface area contributed by atoms with Gasteiger partial charge in [-0.15, -0.1) is 0 Å². The van der Waals surface area contributed by atoms with Crippen molar-refractivity contribution in [2.75, 3.05) is 0 Å². The van der Waals surface area contributed by atoms with Crippen molar-refractivity contribution in [1.29, 1.82) is 0 Å². The highest BCUT2D eigenvalue weighted by Gasteiger charge is 2.13. The van der Waals surface area contributed by atoms with E-state index in [2.05, 4.69) is 4.98 Å². The van der Waals surface area contributed by atoms with Gasteiger partial charge < -0.3 is 5.11 Å². The zero-order valence-electron chi connectivity index (χ0n) is 9.33. The summed E-state index contributed by atoms with van der Waals surface area (Å²) in [7, 11) is 0. The Morgan fingerprint density at radius 2 is 2.18 bits per heavy atom. The van der Waals surface area contributed by atoms with Crippen LogP contribution in [-0.2, 0) is 11.3 Å². The van der Waals surface area contributed by atoms with Crippen molar-refractivity contribution in [3.63, 3.8) is 0 Å². The number of hydrogen-bond donors (Lipinski definition) is 1. The van der Waals surface area contributed by atoms with Crippen LogP contribution in [0.15, 0.2) is 35.4 Å². The van der Waals surface area contributed by atoms with Crippen molar-refractivity contribution >= 4 is 16.9 Å². The molecule has 0 aliphatic heterocycles. The average molecular weight is 232 g/mol. The molecule has 1 heterocycles. The molecule has 5 heteroatoms. The van der Waals surface area contributed by atoms with Crippen LogP contribution in [0.5, 0.6) is 0 Å². The number of aliphatic carboxylic acids is 1. The molecule has 17 heavy (non-hydrogen) atoms. The normalized spacial score (nSPS) is 12.5. The number of rotatable bonds is 3. The van der Waals surface area contributed by atoms with Crippen LogP contribution in [0.2, 0.25) is 0 Å². The summed E-state index contributed by atoms with van der Waals surface area (Å²) in [5.74, 6) is -1.54. The van der Waals surface area contributed by atoms with Gasteiger partial charge in [-0.2, -0.15) is 0 Å². The van der Waals surface area contributed by atoms with Crippen LogP contribution < -0.4 is 5.56 Å². The molecule has 2 aromatic rings. The third kappa shape index (κ3) is 2.18. The Hall–Kier alpha value is -2.17. The summed E-state index contributed by atoms with van der Waals surface area (Å²) in [5.41, 5.74) is 0.417. The third-order valence-corrected chi connectivity index (χ3v) is 2.62. The molecule has 0 saturated heterocycles. The summed E-state index contributed by atoms with van der Waals surface area (Å²) < 4.78 is 1.33. The first-order valence-corrected chi connectivity index (χ1v) is 5.26. The Labute approximate surface area is 97.3 Å². The molecule has 88 valence electrons. The van der Waals surface area contributed by atoms with E-state index in [1.165, 1.54) is 10.9 Å². The van der Waals surface area contributed by atoms with Crippen LogP contribution in [-0.4, -0.2) is 20.6 Å². The van der Waals surface area contributed by atoms with E-state index in [9.17, 15) is 9.59 Å². The number of carboxylic acid groups (broad SMARTS) is 1. The van der Waals surface area contributed by atoms with Gasteiger partial charge in [0.15, 0.2) is 0 Å². The standard InChI is InChI=1S/C12H12N2O3/c1-8(12(16)17)6-14-7-13-10-5-3-2-4-9(10)11(14)15/h2-5,7-8H,6H2,1H3,(H,16,17). The first-order valence-electron chi connectivity index (χ1n) is 5.26. The topological polar surface area (TPSA) is 72.2 Å². The Kier molecular flexibility index (Phi) is 2.91. The highest BCUT2D eigenvalue weighted by Crippen LogP contribution is 2.06. The zero-order valence-corrected chi connectivity index (χ0v) is 9.33. The summed E-state index contributed by atoms with van der Waals surface area (Å²) in [5, 5.41) is 9.32. The molecule has 1 N–H and O–H groups in total. The second-order valence-corrected chi connectivity index (χ2v) is 3.96. The summed E-state index contributed by atoms with van der Waals surface area (Å²) >= 11 is 0. The van der Waals surface area contributed by atoms with Gasteiger partial charge in [0, 0.05) is 6.54 Å². The van der Waals surface area contributed by atoms with Crippen molar-refractivity contribution in [3.8, 4) is 0 Å². The highest BCUT2D eigenvalue weighted by atomic mass is 16.4. The van der Waals surface area contributed by atoms with Crippen molar-refractivity contribution in [3.05, 3.63) is 40.9 Å². The number of nitrogens with zero attached hydrogens (tertiary/aromatic N) is 2. The van der Waals surface area contributed by atoms with Crippen molar-refractivity contribution in [2.45, 2.75) is 13.5 Å². The first-order chi connectivity index (χ1) is 8.09. The molecule has 0 radical (unpaired) electrons. The van der Waals surface area contributed by atoms with Crippen molar-refractivity contribution < 1.29 is 9.90 Å². The number of para-hydroxylation sites is 1. The molecule has 0 spiro atoms. The predicted molar refractivity (Wildman–Crippen MR) is 62.8 cm³/mol. The maximum Gasteiger partial charge on any atom is 0.308 e. The van der Waals surface area contributed by atoms with E-state index >= 15 is 0 Å². The van der Waals surface area contributed by atoms with E-state index < -0.39 is 11.9 Å². The summed E-state index contributed by atoms with van der Waals surface area (Å²) in [6, 6.07) is 7.00. The number of aromatic nitrogens is 2. The lowest BCUT2D eigenvalue weighted by molar-refractivity contribution is -0.141. The maximum atomic E-state index is 12.0. The molecule has 1 aromatic heterocycles. The first kappa shape index (κ1) is 11.3. The molecule has 5 nitrogen and oxygen atoms in total. The highest BCUT2D eigenvalue weighted by molar-refractivity contribution is 5.77. The minimum atomic E-state index is -0.926. The molecule has 1 unspecified atom stereocenters. The molecular weight excluding hydrogens is 220 g/mol. The van der Waals surface area contributed by atoms with E-state index in [1.807, 2.05) is 0 Å². The third-order valence-electron chi connectivity index (χ3n) is 2.62. The average Bonchev–Trinajstić information content (AvgIpc) is 2.33. The van der Waals surface area contributed by atoms with Crippen LogP contribution >= 0.6 is 0 Å². The van der Waals surface area contributed by atoms with Gasteiger partial charge in [0.25, 0.3) is 5.56 Å². The largest absolute Gasteiger partial charge is 0.481 e. The van der Waals surface area contributed by atoms with Crippen molar-refractivity contribution in [2.24, 2.45) is 5.92 Å². The molecule has 0 bridgehead atoms. The Bertz CT molecular complexity index is 618. The van der Waals surface area contributed by atoms with Gasteiger partial charge in [-0.25, -0.2) is 4.98 Å². The van der Waals surface area contributed by atoms with Crippen LogP contribution in [0.4, 0.5) is 0 Å². The molecule has 0 aliphatic carbocycles. The monoisotopic (exact) mass is 232 g/mol. The van der Waals surface area contributed by atoms with E-state index in [0.717, 1.165) is 0 Å². The number of carboxylic acids is 1. The van der Waals surface area contributed by atoms with Gasteiger partial charge in [-0.1, -0.05) is 19.1 Å². The van der Waals surface area contributed by atoms with Crippen LogP contribution in [0.25, 0.3) is 10.9 Å². The fourth-order valence-electron chi connectivity index (χ4n) is 1.61. The van der Waals surface area contributed by atoms with Crippen LogP contribution in [0.3, 0.4) is 0 Å². The van der Waals surface area contributed by atoms with E-state index in [0.29, 0.717) is 10.9 Å². The summed E-state index contributed by atoms with van der Waals surface area (Å²) in [4.78, 5) is 26.9. The van der Waals surface area contributed by atoms with Gasteiger partial charge in [-0.05, 0) is 12.1 Å². The number of benzene rings is 1. The molecule has 1 atom stereocenters. The van der Waals surface area contributed by atoms with Crippen LogP contribution in [0, 0.1) is 5.92 Å². The van der Waals surface area contributed by atoms with E-state index in [-0.39, 0.29) is 12.1 Å². The summed E-state index contributed by atoms with van der Waals surface area (Å²) in [6.07, 6.45) is 1.39. The lowest BCUT2D eigenvalue weighted by Gasteiger charge is -2.09. The number of hydrogen-bond acceptors (Lipinski definition) is 3. The number of fused-ring (bicyclic) bond motifs is 1. The zero-order chi connectivity index (χ0) is 12.4. The summed E-state index contributed by atoms with van der Waals surface area (Å²) in [6.45, 7) is 1.69. The molecule has 0 amide bonds. The fraction of sp³-hybridized carbons (Fsp3) is 0.250. The van der Waals surface area contributed by atoms with Gasteiger partial charge in [-0.3, -0.25) is 14.2 Å². The molecule has 1 aromatic carbocycles. The van der Waals surface area contributed by atoms with Gasteiger partial charge in [0.2, 0.25) is 0 Å². The molecule has 0 saturated carbocycles. The minimum Gasteiger partial charge on any atom is -0.481 e. The molecule has 0 aliphatic rings. The second kappa shape index (κ2) is 4.37. The Morgan fingerprint density at radius 3 is 2.88 bits per heavy atom. The van der Waals surface area contributed by atoms with Gasteiger partial charge in [0.1, 0.15) is 0 Å². The lowest BCUT2D eigenvalue weighted by Crippen LogP contribution is -2.26. The van der Waals surface area contributed by atoms with Gasteiger partial charge >= 0.3 is 5.97 Å². The van der Waals surface area contributed by atoms with Crippen LogP contribution in [0.1, 0.15) is 6.92 Å². The quantitative estimate of drug-likeness (QED) is 0.860. The smallest absolute Gasteiger partial charge is 0.308 e. The fourth-order valence-corrected chi connectivity index (χ4v) is 1.61. The molecule has 0 fully saturated rings. The second-order valence-electron chi connectivity index (χ2n) is 3.96. The molecule has 2 rings (SSSR count). The minimum absolute atomic E-state index is 0.131. The lowest BCUT2D eigenvalue weighted by atomic mass is 10.2. The van der Waals surface area contributed by atoms with Gasteiger partial charge in [0.05, 0.1) is 23.1 Å². The molecular formula is C12H12N2O3. The SMILES string of the molecule is CC(Cn1cnc2ccccc2c1=O)C(=O)O.